The number of hydrogen-bond acceptors (Lipinski definition) is 5. The minimum atomic E-state index is -0.892. The molecule has 4 heterocycles. The van der Waals surface area contributed by atoms with Crippen molar-refractivity contribution in [3.63, 3.8) is 0 Å². The molecule has 0 bridgehead atoms. The molecule has 1 atom stereocenters. The first-order valence-corrected chi connectivity index (χ1v) is 10.0. The van der Waals surface area contributed by atoms with E-state index in [0.717, 1.165) is 22.9 Å². The summed E-state index contributed by atoms with van der Waals surface area (Å²) >= 11 is 0. The summed E-state index contributed by atoms with van der Waals surface area (Å²) in [5.74, 6) is -2.09. The maximum Gasteiger partial charge on any atom is 0.276 e. The molecule has 1 aliphatic heterocycles. The third-order valence-electron chi connectivity index (χ3n) is 5.84. The fourth-order valence-corrected chi connectivity index (χ4v) is 4.25. The number of pyridine rings is 2. The van der Waals surface area contributed by atoms with Gasteiger partial charge in [-0.15, -0.1) is 0 Å². The summed E-state index contributed by atoms with van der Waals surface area (Å²) in [6.07, 6.45) is 4.40. The van der Waals surface area contributed by atoms with Gasteiger partial charge in [-0.25, -0.2) is 13.8 Å². The van der Waals surface area contributed by atoms with Gasteiger partial charge in [-0.2, -0.15) is 0 Å². The predicted molar refractivity (Wildman–Crippen MR) is 112 cm³/mol. The average molecular weight is 432 g/mol. The van der Waals surface area contributed by atoms with Crippen LogP contribution in [0.1, 0.15) is 34.1 Å². The number of fused-ring (bicyclic) bond motifs is 1. The second-order valence-corrected chi connectivity index (χ2v) is 7.95. The first kappa shape index (κ1) is 20.0. The molecule has 0 saturated heterocycles. The van der Waals surface area contributed by atoms with Crippen molar-refractivity contribution in [2.24, 2.45) is 0 Å². The second-order valence-electron chi connectivity index (χ2n) is 7.95. The number of carbonyl (C=O) groups excluding carboxylic acids is 1. The highest BCUT2D eigenvalue weighted by atomic mass is 19.1. The van der Waals surface area contributed by atoms with Crippen molar-refractivity contribution in [2.45, 2.75) is 18.9 Å². The molecule has 8 heteroatoms. The molecule has 5 rings (SSSR count). The van der Waals surface area contributed by atoms with E-state index in [0.29, 0.717) is 19.2 Å². The number of halogens is 2. The molecular weight excluding hydrogens is 414 g/mol. The molecule has 32 heavy (non-hydrogen) atoms. The van der Waals surface area contributed by atoms with E-state index < -0.39 is 17.0 Å². The van der Waals surface area contributed by atoms with Crippen LogP contribution < -0.4 is 0 Å². The van der Waals surface area contributed by atoms with Gasteiger partial charge in [-0.05, 0) is 29.7 Å². The van der Waals surface area contributed by atoms with Gasteiger partial charge in [-0.3, -0.25) is 9.78 Å². The smallest absolute Gasteiger partial charge is 0.276 e. The Morgan fingerprint density at radius 2 is 1.97 bits per heavy atom. The number of hydrogen-bond donors (Lipinski definition) is 0. The molecule has 0 radical (unpaired) electrons. The molecule has 160 valence electrons. The van der Waals surface area contributed by atoms with Crippen molar-refractivity contribution in [1.29, 1.82) is 0 Å². The zero-order valence-electron chi connectivity index (χ0n) is 17.1. The molecule has 0 N–H and O–H groups in total. The molecular formula is C24H18F2N4O2. The van der Waals surface area contributed by atoms with E-state index >= 15 is 0 Å². The van der Waals surface area contributed by atoms with Gasteiger partial charge < -0.3 is 9.42 Å². The molecule has 0 fully saturated rings. The van der Waals surface area contributed by atoms with Crippen LogP contribution in [0.3, 0.4) is 0 Å². The SMILES string of the molecule is CC1(c2cccnc2)CN(C(=O)c2cc(-c3ncc(F)cc3F)on2)Cc2ccccc21. The van der Waals surface area contributed by atoms with Crippen LogP contribution >= 0.6 is 0 Å². The van der Waals surface area contributed by atoms with Gasteiger partial charge in [0.1, 0.15) is 11.5 Å². The van der Waals surface area contributed by atoms with E-state index in [2.05, 4.69) is 28.1 Å². The van der Waals surface area contributed by atoms with Crippen molar-refractivity contribution >= 4 is 5.91 Å². The van der Waals surface area contributed by atoms with Crippen molar-refractivity contribution < 1.29 is 18.1 Å². The van der Waals surface area contributed by atoms with Gasteiger partial charge in [0.15, 0.2) is 17.3 Å². The van der Waals surface area contributed by atoms with Gasteiger partial charge >= 0.3 is 0 Å². The summed E-state index contributed by atoms with van der Waals surface area (Å²) in [7, 11) is 0. The second kappa shape index (κ2) is 7.64. The lowest BCUT2D eigenvalue weighted by atomic mass is 9.72. The Hall–Kier alpha value is -3.94. The number of nitrogens with zero attached hydrogens (tertiary/aromatic N) is 4. The van der Waals surface area contributed by atoms with Crippen LogP contribution in [0.15, 0.2) is 71.6 Å². The van der Waals surface area contributed by atoms with Gasteiger partial charge in [0.05, 0.1) is 6.20 Å². The fourth-order valence-electron chi connectivity index (χ4n) is 4.25. The monoisotopic (exact) mass is 432 g/mol. The first-order chi connectivity index (χ1) is 15.5. The molecule has 1 unspecified atom stereocenters. The quantitative estimate of drug-likeness (QED) is 0.481. The lowest BCUT2D eigenvalue weighted by Gasteiger charge is -2.42. The van der Waals surface area contributed by atoms with E-state index in [1.807, 2.05) is 36.5 Å². The summed E-state index contributed by atoms with van der Waals surface area (Å²) in [4.78, 5) is 23.0. The maximum atomic E-state index is 14.1. The molecule has 0 aliphatic carbocycles. The Labute approximate surface area is 182 Å². The van der Waals surface area contributed by atoms with Crippen LogP contribution in [0, 0.1) is 11.6 Å². The number of rotatable bonds is 3. The Balaban J connectivity index is 1.49. The van der Waals surface area contributed by atoms with Crippen molar-refractivity contribution in [3.05, 3.63) is 101 Å². The van der Waals surface area contributed by atoms with Gasteiger partial charge in [0.25, 0.3) is 5.91 Å². The van der Waals surface area contributed by atoms with Crippen LogP contribution in [0.25, 0.3) is 11.5 Å². The van der Waals surface area contributed by atoms with Crippen LogP contribution in [0.5, 0.6) is 0 Å². The molecule has 4 aromatic rings. The molecule has 1 aliphatic rings. The minimum absolute atomic E-state index is 0.0263. The van der Waals surface area contributed by atoms with E-state index in [4.69, 9.17) is 4.52 Å². The number of amides is 1. The van der Waals surface area contributed by atoms with Gasteiger partial charge in [0.2, 0.25) is 0 Å². The van der Waals surface area contributed by atoms with E-state index in [-0.39, 0.29) is 23.1 Å². The van der Waals surface area contributed by atoms with E-state index in [9.17, 15) is 13.6 Å². The number of carbonyl (C=O) groups is 1. The summed E-state index contributed by atoms with van der Waals surface area (Å²) < 4.78 is 32.4. The Bertz CT molecular complexity index is 1310. The zero-order chi connectivity index (χ0) is 22.3. The summed E-state index contributed by atoms with van der Waals surface area (Å²) in [5.41, 5.74) is 2.49. The normalized spacial score (nSPS) is 17.8. The highest BCUT2D eigenvalue weighted by Gasteiger charge is 2.39. The summed E-state index contributed by atoms with van der Waals surface area (Å²) in [5, 5.41) is 3.83. The topological polar surface area (TPSA) is 72.1 Å². The molecule has 3 aromatic heterocycles. The lowest BCUT2D eigenvalue weighted by molar-refractivity contribution is 0.0684. The molecule has 0 saturated carbocycles. The van der Waals surface area contributed by atoms with Gasteiger partial charge in [0, 0.05) is 43.0 Å². The molecule has 6 nitrogen and oxygen atoms in total. The average Bonchev–Trinajstić information content (AvgIpc) is 3.29. The first-order valence-electron chi connectivity index (χ1n) is 10.0. The van der Waals surface area contributed by atoms with E-state index in [1.165, 1.54) is 6.07 Å². The summed E-state index contributed by atoms with van der Waals surface area (Å²) in [6.45, 7) is 2.88. The Morgan fingerprint density at radius 3 is 2.75 bits per heavy atom. The number of benzene rings is 1. The van der Waals surface area contributed by atoms with Crippen molar-refractivity contribution in [3.8, 4) is 11.5 Å². The molecule has 1 amide bonds. The third-order valence-corrected chi connectivity index (χ3v) is 5.84. The Morgan fingerprint density at radius 1 is 1.12 bits per heavy atom. The van der Waals surface area contributed by atoms with Crippen molar-refractivity contribution in [1.82, 2.24) is 20.0 Å². The fraction of sp³-hybridized carbons (Fsp3) is 0.167. The van der Waals surface area contributed by atoms with Crippen LogP contribution in [0.4, 0.5) is 8.78 Å². The Kier molecular flexibility index (Phi) is 4.77. The number of aromatic nitrogens is 3. The minimum Gasteiger partial charge on any atom is -0.354 e. The highest BCUT2D eigenvalue weighted by molar-refractivity contribution is 5.93. The largest absolute Gasteiger partial charge is 0.354 e. The lowest BCUT2D eigenvalue weighted by Crippen LogP contribution is -2.47. The summed E-state index contributed by atoms with van der Waals surface area (Å²) in [6, 6.07) is 13.9. The molecule has 1 aromatic carbocycles. The van der Waals surface area contributed by atoms with Crippen LogP contribution in [0.2, 0.25) is 0 Å². The van der Waals surface area contributed by atoms with Crippen LogP contribution in [-0.4, -0.2) is 32.5 Å². The highest BCUT2D eigenvalue weighted by Crippen LogP contribution is 2.39. The van der Waals surface area contributed by atoms with Crippen LogP contribution in [-0.2, 0) is 12.0 Å². The third kappa shape index (κ3) is 3.33. The van der Waals surface area contributed by atoms with E-state index in [1.54, 1.807) is 11.1 Å². The predicted octanol–water partition coefficient (Wildman–Crippen LogP) is 4.37. The standard InChI is InChI=1S/C24H18F2N4O2/c1-24(16-6-4-8-27-11-16)14-30(13-15-5-2-3-7-18(15)24)23(31)20-10-21(32-29-20)22-19(26)9-17(25)12-28-22/h2-12H,13-14H2,1H3. The zero-order valence-corrected chi connectivity index (χ0v) is 17.1. The maximum absolute atomic E-state index is 14.1. The molecule has 0 spiro atoms. The van der Waals surface area contributed by atoms with Crippen molar-refractivity contribution in [2.75, 3.05) is 6.54 Å². The van der Waals surface area contributed by atoms with Gasteiger partial charge in [-0.1, -0.05) is 35.5 Å².